The van der Waals surface area contributed by atoms with Crippen LogP contribution in [0.4, 0.5) is 0 Å². The Hall–Kier alpha value is -1.31. The number of hydrogen-bond donors (Lipinski definition) is 1. The van der Waals surface area contributed by atoms with Gasteiger partial charge in [0, 0.05) is 40.2 Å². The average molecular weight is 458 g/mol. The van der Waals surface area contributed by atoms with Crippen LogP contribution in [0.2, 0.25) is 0 Å². The fraction of sp³-hybridized carbons (Fsp3) is 0.579. The van der Waals surface area contributed by atoms with Gasteiger partial charge < -0.3 is 15.1 Å². The van der Waals surface area contributed by atoms with Gasteiger partial charge in [-0.1, -0.05) is 30.3 Å². The first-order chi connectivity index (χ1) is 11.6. The minimum absolute atomic E-state index is 0. The number of nitrogens with zero attached hydrogens (tertiary/aromatic N) is 3. The molecular formula is C19H31IN4O. The molecule has 1 atom stereocenters. The molecule has 1 aliphatic rings. The van der Waals surface area contributed by atoms with Gasteiger partial charge in [-0.2, -0.15) is 0 Å². The lowest BCUT2D eigenvalue weighted by molar-refractivity contribution is -0.128. The number of halogens is 1. The number of likely N-dealkylation sites (tertiary alicyclic amines) is 1. The number of amides is 1. The van der Waals surface area contributed by atoms with E-state index in [4.69, 9.17) is 0 Å². The number of guanidine groups is 1. The molecule has 1 unspecified atom stereocenters. The SMILES string of the molecule is CCNC(=NCCC(=O)N(C)C)N1CCC(Cc2ccccc2)C1.I. The summed E-state index contributed by atoms with van der Waals surface area (Å²) in [5.41, 5.74) is 1.41. The molecule has 1 aromatic carbocycles. The molecule has 1 amide bonds. The quantitative estimate of drug-likeness (QED) is 0.405. The summed E-state index contributed by atoms with van der Waals surface area (Å²) in [6.07, 6.45) is 2.77. The van der Waals surface area contributed by atoms with Gasteiger partial charge in [-0.15, -0.1) is 24.0 Å². The van der Waals surface area contributed by atoms with Crippen LogP contribution in [-0.4, -0.2) is 61.9 Å². The predicted molar refractivity (Wildman–Crippen MR) is 115 cm³/mol. The first kappa shape index (κ1) is 21.7. The number of carbonyl (C=O) groups excluding carboxylic acids is 1. The summed E-state index contributed by atoms with van der Waals surface area (Å²) in [6.45, 7) is 5.53. The van der Waals surface area contributed by atoms with Crippen LogP contribution >= 0.6 is 24.0 Å². The second-order valence-electron chi connectivity index (χ2n) is 6.56. The molecule has 1 N–H and O–H groups in total. The van der Waals surface area contributed by atoms with Crippen LogP contribution in [0.25, 0.3) is 0 Å². The Balaban J connectivity index is 0.00000312. The van der Waals surface area contributed by atoms with Gasteiger partial charge in [0.25, 0.3) is 0 Å². The summed E-state index contributed by atoms with van der Waals surface area (Å²) in [6, 6.07) is 10.7. The van der Waals surface area contributed by atoms with Crippen LogP contribution in [0.5, 0.6) is 0 Å². The molecule has 0 aromatic heterocycles. The highest BCUT2D eigenvalue weighted by Gasteiger charge is 2.24. The van der Waals surface area contributed by atoms with Gasteiger partial charge in [0.2, 0.25) is 5.91 Å². The highest BCUT2D eigenvalue weighted by Crippen LogP contribution is 2.20. The molecular weight excluding hydrogens is 427 g/mol. The van der Waals surface area contributed by atoms with Crippen LogP contribution < -0.4 is 5.32 Å². The number of carbonyl (C=O) groups is 1. The number of aliphatic imine (C=N–C) groups is 1. The normalized spacial score (nSPS) is 17.2. The van der Waals surface area contributed by atoms with E-state index < -0.39 is 0 Å². The molecule has 140 valence electrons. The Morgan fingerprint density at radius 1 is 1.32 bits per heavy atom. The van der Waals surface area contributed by atoms with Crippen LogP contribution in [0.1, 0.15) is 25.3 Å². The fourth-order valence-corrected chi connectivity index (χ4v) is 3.05. The van der Waals surface area contributed by atoms with Gasteiger partial charge in [0.15, 0.2) is 5.96 Å². The molecule has 1 heterocycles. The lowest BCUT2D eigenvalue weighted by Gasteiger charge is -2.22. The number of hydrogen-bond acceptors (Lipinski definition) is 2. The Morgan fingerprint density at radius 3 is 2.68 bits per heavy atom. The van der Waals surface area contributed by atoms with Crippen LogP contribution in [-0.2, 0) is 11.2 Å². The van der Waals surface area contributed by atoms with Crippen molar-refractivity contribution in [2.75, 3.05) is 40.3 Å². The van der Waals surface area contributed by atoms with E-state index in [9.17, 15) is 4.79 Å². The molecule has 2 rings (SSSR count). The first-order valence-corrected chi connectivity index (χ1v) is 8.87. The maximum Gasteiger partial charge on any atom is 0.223 e. The summed E-state index contributed by atoms with van der Waals surface area (Å²) in [5, 5.41) is 3.36. The Bertz CT molecular complexity index is 548. The first-order valence-electron chi connectivity index (χ1n) is 8.87. The van der Waals surface area contributed by atoms with Gasteiger partial charge in [-0.3, -0.25) is 9.79 Å². The van der Waals surface area contributed by atoms with E-state index in [0.717, 1.165) is 32.0 Å². The van der Waals surface area contributed by atoms with Gasteiger partial charge in [-0.25, -0.2) is 0 Å². The van der Waals surface area contributed by atoms with Gasteiger partial charge >= 0.3 is 0 Å². The molecule has 6 heteroatoms. The molecule has 0 radical (unpaired) electrons. The minimum atomic E-state index is 0. The van der Waals surface area contributed by atoms with E-state index in [1.807, 2.05) is 0 Å². The van der Waals surface area contributed by atoms with Crippen molar-refractivity contribution < 1.29 is 4.79 Å². The van der Waals surface area contributed by atoms with Crippen molar-refractivity contribution in [1.29, 1.82) is 0 Å². The van der Waals surface area contributed by atoms with Gasteiger partial charge in [-0.05, 0) is 31.2 Å². The lowest BCUT2D eigenvalue weighted by atomic mass is 9.99. The molecule has 1 fully saturated rings. The maximum atomic E-state index is 11.7. The Kier molecular flexibility index (Phi) is 9.85. The zero-order chi connectivity index (χ0) is 17.4. The van der Waals surface area contributed by atoms with Crippen molar-refractivity contribution in [2.24, 2.45) is 10.9 Å². The molecule has 0 bridgehead atoms. The number of benzene rings is 1. The van der Waals surface area contributed by atoms with Crippen molar-refractivity contribution in [3.8, 4) is 0 Å². The maximum absolute atomic E-state index is 11.7. The van der Waals surface area contributed by atoms with E-state index in [-0.39, 0.29) is 29.9 Å². The van der Waals surface area contributed by atoms with Crippen molar-refractivity contribution in [2.45, 2.75) is 26.2 Å². The topological polar surface area (TPSA) is 47.9 Å². The van der Waals surface area contributed by atoms with Crippen molar-refractivity contribution >= 4 is 35.8 Å². The third kappa shape index (κ3) is 7.22. The lowest BCUT2D eigenvalue weighted by Crippen LogP contribution is -2.40. The van der Waals surface area contributed by atoms with Gasteiger partial charge in [0.1, 0.15) is 0 Å². The minimum Gasteiger partial charge on any atom is -0.357 e. The summed E-state index contributed by atoms with van der Waals surface area (Å²) in [7, 11) is 3.57. The molecule has 5 nitrogen and oxygen atoms in total. The van der Waals surface area contributed by atoms with E-state index in [1.54, 1.807) is 19.0 Å². The summed E-state index contributed by atoms with van der Waals surface area (Å²) in [5.74, 6) is 1.73. The van der Waals surface area contributed by atoms with Crippen LogP contribution in [0, 0.1) is 5.92 Å². The molecule has 0 aliphatic carbocycles. The molecule has 0 saturated carbocycles. The summed E-state index contributed by atoms with van der Waals surface area (Å²) in [4.78, 5) is 20.3. The smallest absolute Gasteiger partial charge is 0.223 e. The zero-order valence-corrected chi connectivity index (χ0v) is 17.9. The fourth-order valence-electron chi connectivity index (χ4n) is 3.05. The standard InChI is InChI=1S/C19H30N4O.HI/c1-4-20-19(21-12-10-18(24)22(2)3)23-13-11-17(15-23)14-16-8-6-5-7-9-16;/h5-9,17H,4,10-15H2,1-3H3,(H,20,21);1H. The number of rotatable bonds is 6. The molecule has 1 aliphatic heterocycles. The molecule has 1 saturated heterocycles. The van der Waals surface area contributed by atoms with E-state index in [1.165, 1.54) is 12.0 Å². The van der Waals surface area contributed by atoms with Crippen molar-refractivity contribution in [3.63, 3.8) is 0 Å². The summed E-state index contributed by atoms with van der Waals surface area (Å²) < 4.78 is 0. The second-order valence-corrected chi connectivity index (χ2v) is 6.56. The average Bonchev–Trinajstić information content (AvgIpc) is 3.03. The molecule has 25 heavy (non-hydrogen) atoms. The van der Waals surface area contributed by atoms with Crippen molar-refractivity contribution in [1.82, 2.24) is 15.1 Å². The van der Waals surface area contributed by atoms with E-state index in [0.29, 0.717) is 18.9 Å². The van der Waals surface area contributed by atoms with E-state index >= 15 is 0 Å². The van der Waals surface area contributed by atoms with Crippen LogP contribution in [0.3, 0.4) is 0 Å². The largest absolute Gasteiger partial charge is 0.357 e. The Morgan fingerprint density at radius 2 is 2.04 bits per heavy atom. The number of nitrogens with one attached hydrogen (secondary N) is 1. The molecule has 1 aromatic rings. The monoisotopic (exact) mass is 458 g/mol. The van der Waals surface area contributed by atoms with E-state index in [2.05, 4.69) is 52.5 Å². The van der Waals surface area contributed by atoms with Gasteiger partial charge in [0.05, 0.1) is 6.54 Å². The summed E-state index contributed by atoms with van der Waals surface area (Å²) >= 11 is 0. The van der Waals surface area contributed by atoms with Crippen molar-refractivity contribution in [3.05, 3.63) is 35.9 Å². The Labute approximate surface area is 168 Å². The predicted octanol–water partition coefficient (Wildman–Crippen LogP) is 2.61. The van der Waals surface area contributed by atoms with Crippen LogP contribution in [0.15, 0.2) is 35.3 Å². The third-order valence-electron chi connectivity index (χ3n) is 4.37. The highest BCUT2D eigenvalue weighted by molar-refractivity contribution is 14.0. The second kappa shape index (κ2) is 11.3. The molecule has 0 spiro atoms. The highest BCUT2D eigenvalue weighted by atomic mass is 127. The third-order valence-corrected chi connectivity index (χ3v) is 4.37. The zero-order valence-electron chi connectivity index (χ0n) is 15.6.